The van der Waals surface area contributed by atoms with Crippen LogP contribution in [-0.4, -0.2) is 41.8 Å². The van der Waals surface area contributed by atoms with E-state index in [1.54, 1.807) is 0 Å². The fourth-order valence-electron chi connectivity index (χ4n) is 2.96. The molecule has 5 heteroatoms. The molecule has 1 fully saturated rings. The van der Waals surface area contributed by atoms with Gasteiger partial charge in [-0.05, 0) is 37.6 Å². The summed E-state index contributed by atoms with van der Waals surface area (Å²) in [4.78, 5) is 14.1. The summed E-state index contributed by atoms with van der Waals surface area (Å²) in [6.07, 6.45) is 3.64. The van der Waals surface area contributed by atoms with Crippen LogP contribution in [0.4, 0.5) is 4.79 Å². The topological polar surface area (TPSA) is 64.6 Å². The summed E-state index contributed by atoms with van der Waals surface area (Å²) in [5.41, 5.74) is 1.62. The van der Waals surface area contributed by atoms with Crippen molar-refractivity contribution >= 4 is 6.03 Å². The van der Waals surface area contributed by atoms with Crippen LogP contribution in [0.1, 0.15) is 43.7 Å². The minimum atomic E-state index is -0.706. The third-order valence-corrected chi connectivity index (χ3v) is 4.55. The smallest absolute Gasteiger partial charge is 0.315 e. The molecule has 1 saturated carbocycles. The number of amides is 2. The van der Waals surface area contributed by atoms with Gasteiger partial charge in [0.15, 0.2) is 0 Å². The lowest BCUT2D eigenvalue weighted by molar-refractivity contribution is 0.0501. The maximum atomic E-state index is 11.9. The molecule has 0 atom stereocenters. The van der Waals surface area contributed by atoms with Gasteiger partial charge in [0, 0.05) is 19.6 Å². The minimum absolute atomic E-state index is 0.221. The molecule has 1 aliphatic rings. The molecule has 2 amide bonds. The van der Waals surface area contributed by atoms with Gasteiger partial charge in [-0.2, -0.15) is 0 Å². The number of nitrogens with one attached hydrogen (secondary N) is 2. The van der Waals surface area contributed by atoms with Crippen LogP contribution >= 0.6 is 0 Å². The van der Waals surface area contributed by atoms with E-state index in [-0.39, 0.29) is 6.03 Å². The van der Waals surface area contributed by atoms with Gasteiger partial charge in [0.05, 0.1) is 5.60 Å². The van der Waals surface area contributed by atoms with E-state index in [4.69, 9.17) is 0 Å². The summed E-state index contributed by atoms with van der Waals surface area (Å²) in [7, 11) is 2.09. The van der Waals surface area contributed by atoms with E-state index in [1.165, 1.54) is 5.56 Å². The van der Waals surface area contributed by atoms with Crippen molar-refractivity contribution in [2.45, 2.75) is 51.3 Å². The average Bonchev–Trinajstić information content (AvgIpc) is 2.98. The van der Waals surface area contributed by atoms with Gasteiger partial charge in [-0.1, -0.05) is 44.0 Å². The predicted octanol–water partition coefficient (Wildman–Crippen LogP) is 2.24. The van der Waals surface area contributed by atoms with E-state index < -0.39 is 5.60 Å². The standard InChI is InChI=1S/C18H29N3O2/c1-3-21(2)13-16-8-6-7-15(11-16)12-19-17(22)20-14-18(23)9-4-5-10-18/h6-8,11,23H,3-5,9-10,12-14H2,1-2H3,(H2,19,20,22). The van der Waals surface area contributed by atoms with Crippen LogP contribution in [0.5, 0.6) is 0 Å². The van der Waals surface area contributed by atoms with Gasteiger partial charge in [-0.3, -0.25) is 0 Å². The first-order chi connectivity index (χ1) is 11.0. The van der Waals surface area contributed by atoms with Gasteiger partial charge in [0.25, 0.3) is 0 Å². The Hall–Kier alpha value is -1.59. The van der Waals surface area contributed by atoms with E-state index >= 15 is 0 Å². The molecule has 3 N–H and O–H groups in total. The zero-order chi connectivity index (χ0) is 16.7. The largest absolute Gasteiger partial charge is 0.388 e. The molecule has 0 spiro atoms. The zero-order valence-corrected chi connectivity index (χ0v) is 14.3. The molecule has 0 unspecified atom stereocenters. The van der Waals surface area contributed by atoms with Crippen molar-refractivity contribution < 1.29 is 9.90 Å². The van der Waals surface area contributed by atoms with Gasteiger partial charge in [-0.15, -0.1) is 0 Å². The number of hydrogen-bond acceptors (Lipinski definition) is 3. The van der Waals surface area contributed by atoms with Crippen molar-refractivity contribution in [2.24, 2.45) is 0 Å². The summed E-state index contributed by atoms with van der Waals surface area (Å²) >= 11 is 0. The highest BCUT2D eigenvalue weighted by Crippen LogP contribution is 2.28. The molecule has 0 aliphatic heterocycles. The lowest BCUT2D eigenvalue weighted by atomic mass is 10.0. The van der Waals surface area contributed by atoms with Gasteiger partial charge >= 0.3 is 6.03 Å². The van der Waals surface area contributed by atoms with Gasteiger partial charge in [0.1, 0.15) is 0 Å². The number of urea groups is 1. The van der Waals surface area contributed by atoms with Gasteiger partial charge in [0.2, 0.25) is 0 Å². The molecule has 0 heterocycles. The lowest BCUT2D eigenvalue weighted by Crippen LogP contribution is -2.44. The molecule has 0 bridgehead atoms. The minimum Gasteiger partial charge on any atom is -0.388 e. The van der Waals surface area contributed by atoms with Crippen LogP contribution in [0, 0.1) is 0 Å². The molecule has 0 radical (unpaired) electrons. The maximum absolute atomic E-state index is 11.9. The quantitative estimate of drug-likeness (QED) is 0.722. The average molecular weight is 319 g/mol. The van der Waals surface area contributed by atoms with Crippen LogP contribution in [-0.2, 0) is 13.1 Å². The monoisotopic (exact) mass is 319 g/mol. The molecular weight excluding hydrogens is 290 g/mol. The fourth-order valence-corrected chi connectivity index (χ4v) is 2.96. The van der Waals surface area contributed by atoms with Crippen LogP contribution in [0.2, 0.25) is 0 Å². The summed E-state index contributed by atoms with van der Waals surface area (Å²) in [5.74, 6) is 0. The molecule has 1 aliphatic carbocycles. The Labute approximate surface area is 139 Å². The highest BCUT2D eigenvalue weighted by Gasteiger charge is 2.31. The normalized spacial score (nSPS) is 16.5. The maximum Gasteiger partial charge on any atom is 0.315 e. The molecule has 2 rings (SSSR count). The van der Waals surface area contributed by atoms with E-state index in [9.17, 15) is 9.90 Å². The second kappa shape index (κ2) is 8.31. The van der Waals surface area contributed by atoms with Crippen LogP contribution in [0.3, 0.4) is 0 Å². The Morgan fingerprint density at radius 1 is 1.26 bits per heavy atom. The molecule has 5 nitrogen and oxygen atoms in total. The molecule has 1 aromatic rings. The van der Waals surface area contributed by atoms with Crippen molar-refractivity contribution in [3.05, 3.63) is 35.4 Å². The third kappa shape index (κ3) is 5.84. The number of aliphatic hydroxyl groups is 1. The first-order valence-corrected chi connectivity index (χ1v) is 8.51. The van der Waals surface area contributed by atoms with Crippen molar-refractivity contribution in [3.8, 4) is 0 Å². The Morgan fingerprint density at radius 2 is 1.96 bits per heavy atom. The third-order valence-electron chi connectivity index (χ3n) is 4.55. The number of benzene rings is 1. The number of carbonyl (C=O) groups excluding carboxylic acids is 1. The van der Waals surface area contributed by atoms with E-state index in [0.29, 0.717) is 13.1 Å². The summed E-state index contributed by atoms with van der Waals surface area (Å²) in [6, 6.07) is 8.04. The Kier molecular flexibility index (Phi) is 6.42. The molecule has 128 valence electrons. The zero-order valence-electron chi connectivity index (χ0n) is 14.3. The first kappa shape index (κ1) is 17.8. The van der Waals surface area contributed by atoms with Crippen molar-refractivity contribution in [3.63, 3.8) is 0 Å². The van der Waals surface area contributed by atoms with Crippen molar-refractivity contribution in [1.29, 1.82) is 0 Å². The molecular formula is C18H29N3O2. The number of hydrogen-bond donors (Lipinski definition) is 3. The second-order valence-electron chi connectivity index (χ2n) is 6.62. The van der Waals surface area contributed by atoms with Crippen molar-refractivity contribution in [2.75, 3.05) is 20.1 Å². The first-order valence-electron chi connectivity index (χ1n) is 8.51. The summed E-state index contributed by atoms with van der Waals surface area (Å²) in [6.45, 7) is 4.87. The van der Waals surface area contributed by atoms with Crippen LogP contribution in [0.15, 0.2) is 24.3 Å². The second-order valence-corrected chi connectivity index (χ2v) is 6.62. The van der Waals surface area contributed by atoms with Crippen LogP contribution in [0.25, 0.3) is 0 Å². The SMILES string of the molecule is CCN(C)Cc1cccc(CNC(=O)NCC2(O)CCCC2)c1. The molecule has 0 aromatic heterocycles. The Bertz CT molecular complexity index is 513. The van der Waals surface area contributed by atoms with Gasteiger partial charge in [-0.25, -0.2) is 4.79 Å². The molecule has 0 saturated heterocycles. The number of rotatable bonds is 7. The fraction of sp³-hybridized carbons (Fsp3) is 0.611. The van der Waals surface area contributed by atoms with E-state index in [2.05, 4.69) is 41.6 Å². The number of carbonyl (C=O) groups is 1. The highest BCUT2D eigenvalue weighted by molar-refractivity contribution is 5.73. The molecule has 1 aromatic carbocycles. The summed E-state index contributed by atoms with van der Waals surface area (Å²) < 4.78 is 0. The van der Waals surface area contributed by atoms with E-state index in [0.717, 1.165) is 44.3 Å². The van der Waals surface area contributed by atoms with E-state index in [1.807, 2.05) is 12.1 Å². The Morgan fingerprint density at radius 3 is 2.65 bits per heavy atom. The Balaban J connectivity index is 1.76. The molecule has 23 heavy (non-hydrogen) atoms. The highest BCUT2D eigenvalue weighted by atomic mass is 16.3. The predicted molar refractivity (Wildman–Crippen MR) is 92.1 cm³/mol. The lowest BCUT2D eigenvalue weighted by Gasteiger charge is -2.22. The summed E-state index contributed by atoms with van der Waals surface area (Å²) in [5, 5.41) is 15.9. The van der Waals surface area contributed by atoms with Gasteiger partial charge < -0.3 is 20.6 Å². The van der Waals surface area contributed by atoms with Crippen LogP contribution < -0.4 is 10.6 Å². The van der Waals surface area contributed by atoms with Crippen molar-refractivity contribution in [1.82, 2.24) is 15.5 Å². The number of nitrogens with zero attached hydrogens (tertiary/aromatic N) is 1.